The number of carbonyl (C=O) groups excluding carboxylic acids is 2. The molecule has 6 heteroatoms. The maximum Gasteiger partial charge on any atom is 0.239 e. The molecule has 0 aliphatic carbocycles. The van der Waals surface area contributed by atoms with Crippen molar-refractivity contribution < 1.29 is 14.7 Å². The molecule has 0 fully saturated rings. The molecule has 2 amide bonds. The molecule has 5 nitrogen and oxygen atoms in total. The second-order valence-electron chi connectivity index (χ2n) is 6.75. The van der Waals surface area contributed by atoms with Gasteiger partial charge in [-0.3, -0.25) is 9.59 Å². The first-order chi connectivity index (χ1) is 9.54. The number of thiol groups is 1. The zero-order valence-electron chi connectivity index (χ0n) is 14.0. The van der Waals surface area contributed by atoms with Gasteiger partial charge in [0.15, 0.2) is 0 Å². The third-order valence-electron chi connectivity index (χ3n) is 3.35. The van der Waals surface area contributed by atoms with Crippen molar-refractivity contribution in [1.29, 1.82) is 0 Å². The Hall–Kier alpha value is -0.750. The summed E-state index contributed by atoms with van der Waals surface area (Å²) < 4.78 is 0. The minimum Gasteiger partial charge on any atom is -0.391 e. The molecule has 0 heterocycles. The van der Waals surface area contributed by atoms with E-state index in [1.54, 1.807) is 7.05 Å². The Morgan fingerprint density at radius 3 is 2.14 bits per heavy atom. The average Bonchev–Trinajstić information content (AvgIpc) is 2.38. The number of rotatable bonds is 7. The van der Waals surface area contributed by atoms with E-state index >= 15 is 0 Å². The molecule has 0 saturated carbocycles. The molecule has 0 aromatic carbocycles. The van der Waals surface area contributed by atoms with E-state index in [0.29, 0.717) is 6.42 Å². The molecule has 0 aromatic heterocycles. The summed E-state index contributed by atoms with van der Waals surface area (Å²) >= 11 is 4.10. The normalized spacial score (nSPS) is 14.7. The molecule has 0 aliphatic heterocycles. The van der Waals surface area contributed by atoms with Gasteiger partial charge in [0.2, 0.25) is 11.8 Å². The molecule has 0 spiro atoms. The van der Waals surface area contributed by atoms with Crippen LogP contribution in [0.5, 0.6) is 0 Å². The second-order valence-corrected chi connectivity index (χ2v) is 7.12. The van der Waals surface area contributed by atoms with Gasteiger partial charge in [-0.1, -0.05) is 13.8 Å². The van der Waals surface area contributed by atoms with Gasteiger partial charge in [0.05, 0.1) is 12.0 Å². The zero-order chi connectivity index (χ0) is 16.8. The van der Waals surface area contributed by atoms with Gasteiger partial charge in [-0.25, -0.2) is 0 Å². The van der Waals surface area contributed by atoms with Crippen LogP contribution in [0.1, 0.15) is 41.0 Å². The number of nitrogens with one attached hydrogen (secondary N) is 1. The van der Waals surface area contributed by atoms with Crippen molar-refractivity contribution in [3.8, 4) is 0 Å². The van der Waals surface area contributed by atoms with Crippen LogP contribution >= 0.6 is 12.6 Å². The van der Waals surface area contributed by atoms with Gasteiger partial charge in [-0.2, -0.15) is 12.6 Å². The molecule has 2 unspecified atom stereocenters. The Morgan fingerprint density at radius 1 is 1.29 bits per heavy atom. The first kappa shape index (κ1) is 20.2. The third-order valence-corrected chi connectivity index (χ3v) is 3.72. The number of aliphatic hydroxyl groups excluding tert-OH is 1. The summed E-state index contributed by atoms with van der Waals surface area (Å²) in [6, 6.07) is 0. The van der Waals surface area contributed by atoms with E-state index in [1.807, 2.05) is 34.6 Å². The average molecular weight is 318 g/mol. The minimum absolute atomic E-state index is 0.00722. The summed E-state index contributed by atoms with van der Waals surface area (Å²) in [7, 11) is 1.54. The van der Waals surface area contributed by atoms with Crippen LogP contribution in [0.4, 0.5) is 0 Å². The largest absolute Gasteiger partial charge is 0.391 e. The summed E-state index contributed by atoms with van der Waals surface area (Å²) in [6.07, 6.45) is -0.237. The van der Waals surface area contributed by atoms with Crippen LogP contribution in [0, 0.1) is 11.8 Å². The lowest BCUT2D eigenvalue weighted by atomic mass is 9.89. The number of hydrogen-bond donors (Lipinski definition) is 3. The van der Waals surface area contributed by atoms with Crippen LogP contribution in [-0.2, 0) is 9.59 Å². The smallest absolute Gasteiger partial charge is 0.239 e. The number of likely N-dealkylation sites (N-methyl/N-ethyl adjacent to an activating group) is 1. The fourth-order valence-electron chi connectivity index (χ4n) is 2.13. The Balaban J connectivity index is 5.33. The molecule has 0 aliphatic rings. The van der Waals surface area contributed by atoms with E-state index < -0.39 is 17.6 Å². The van der Waals surface area contributed by atoms with Gasteiger partial charge in [0.1, 0.15) is 6.54 Å². The molecule has 21 heavy (non-hydrogen) atoms. The second kappa shape index (κ2) is 8.63. The zero-order valence-corrected chi connectivity index (χ0v) is 14.9. The number of amides is 2. The third kappa shape index (κ3) is 6.70. The topological polar surface area (TPSA) is 69.6 Å². The highest BCUT2D eigenvalue weighted by Gasteiger charge is 2.36. The lowest BCUT2D eigenvalue weighted by molar-refractivity contribution is -0.147. The van der Waals surface area contributed by atoms with E-state index in [-0.39, 0.29) is 30.0 Å². The molecule has 0 saturated heterocycles. The predicted molar refractivity (Wildman–Crippen MR) is 88.3 cm³/mol. The van der Waals surface area contributed by atoms with Crippen molar-refractivity contribution in [2.75, 3.05) is 19.3 Å². The van der Waals surface area contributed by atoms with E-state index in [4.69, 9.17) is 0 Å². The van der Waals surface area contributed by atoms with Gasteiger partial charge >= 0.3 is 0 Å². The molecular formula is C15H30N2O3S. The molecule has 0 rings (SSSR count). The number of carbonyl (C=O) groups is 2. The number of hydrogen-bond acceptors (Lipinski definition) is 4. The van der Waals surface area contributed by atoms with E-state index in [2.05, 4.69) is 17.9 Å². The van der Waals surface area contributed by atoms with Crippen LogP contribution in [0.25, 0.3) is 0 Å². The van der Waals surface area contributed by atoms with E-state index in [9.17, 15) is 14.7 Å². The quantitative estimate of drug-likeness (QED) is 0.620. The van der Waals surface area contributed by atoms with Crippen molar-refractivity contribution >= 4 is 24.4 Å². The summed E-state index contributed by atoms with van der Waals surface area (Å²) in [4.78, 5) is 26.0. The van der Waals surface area contributed by atoms with Crippen LogP contribution in [0.15, 0.2) is 0 Å². The number of aliphatic hydroxyl groups is 1. The van der Waals surface area contributed by atoms with Gasteiger partial charge in [0.25, 0.3) is 0 Å². The maximum atomic E-state index is 12.8. The van der Waals surface area contributed by atoms with Crippen LogP contribution in [0.3, 0.4) is 0 Å². The van der Waals surface area contributed by atoms with Crippen molar-refractivity contribution in [3.63, 3.8) is 0 Å². The molecule has 0 bridgehead atoms. The SMILES string of the molecule is CNC(=O)CN(C(=O)C(CC(C)C)C(O)CS)C(C)(C)C. The summed E-state index contributed by atoms with van der Waals surface area (Å²) in [5.41, 5.74) is -0.491. The summed E-state index contributed by atoms with van der Waals surface area (Å²) in [5.74, 6) is -0.453. The summed E-state index contributed by atoms with van der Waals surface area (Å²) in [5, 5.41) is 12.7. The van der Waals surface area contributed by atoms with Crippen LogP contribution < -0.4 is 5.32 Å². The molecule has 0 radical (unpaired) electrons. The lowest BCUT2D eigenvalue weighted by Crippen LogP contribution is -2.54. The van der Waals surface area contributed by atoms with Gasteiger partial charge in [-0.05, 0) is 33.1 Å². The van der Waals surface area contributed by atoms with Crippen molar-refractivity contribution in [3.05, 3.63) is 0 Å². The van der Waals surface area contributed by atoms with Gasteiger partial charge < -0.3 is 15.3 Å². The minimum atomic E-state index is -0.808. The Labute approximate surface area is 133 Å². The molecule has 2 atom stereocenters. The molecular weight excluding hydrogens is 288 g/mol. The molecule has 0 aromatic rings. The fraction of sp³-hybridized carbons (Fsp3) is 0.867. The highest BCUT2D eigenvalue weighted by atomic mass is 32.1. The highest BCUT2D eigenvalue weighted by molar-refractivity contribution is 7.80. The Kier molecular flexibility index (Phi) is 8.33. The first-order valence-electron chi connectivity index (χ1n) is 7.35. The monoisotopic (exact) mass is 318 g/mol. The lowest BCUT2D eigenvalue weighted by Gasteiger charge is -2.38. The highest BCUT2D eigenvalue weighted by Crippen LogP contribution is 2.24. The molecule has 2 N–H and O–H groups in total. The first-order valence-corrected chi connectivity index (χ1v) is 7.98. The standard InChI is InChI=1S/C15H30N2O3S/c1-10(2)7-11(12(18)9-21)14(20)17(15(3,4)5)8-13(19)16-6/h10-12,18,21H,7-9H2,1-6H3,(H,16,19). The Morgan fingerprint density at radius 2 is 1.81 bits per heavy atom. The van der Waals surface area contributed by atoms with Gasteiger partial charge in [-0.15, -0.1) is 0 Å². The van der Waals surface area contributed by atoms with E-state index in [0.717, 1.165) is 0 Å². The van der Waals surface area contributed by atoms with Crippen molar-refractivity contribution in [1.82, 2.24) is 10.2 Å². The summed E-state index contributed by atoms with van der Waals surface area (Å²) in [6.45, 7) is 9.65. The van der Waals surface area contributed by atoms with Crippen molar-refractivity contribution in [2.45, 2.75) is 52.7 Å². The van der Waals surface area contributed by atoms with Crippen molar-refractivity contribution in [2.24, 2.45) is 11.8 Å². The maximum absolute atomic E-state index is 12.8. The van der Waals surface area contributed by atoms with Crippen LogP contribution in [0.2, 0.25) is 0 Å². The number of nitrogens with zero attached hydrogens (tertiary/aromatic N) is 1. The Bertz CT molecular complexity index is 353. The fourth-order valence-corrected chi connectivity index (χ4v) is 2.38. The predicted octanol–water partition coefficient (Wildman–Crippen LogP) is 1.31. The van der Waals surface area contributed by atoms with Crippen LogP contribution in [-0.4, -0.2) is 52.8 Å². The van der Waals surface area contributed by atoms with E-state index in [1.165, 1.54) is 4.90 Å². The van der Waals surface area contributed by atoms with Gasteiger partial charge in [0, 0.05) is 18.3 Å². The molecule has 124 valence electrons.